The van der Waals surface area contributed by atoms with Gasteiger partial charge in [0.1, 0.15) is 12.6 Å². The molecule has 1 heterocycles. The molecule has 1 aromatic heterocycles. The Morgan fingerprint density at radius 1 is 0.938 bits per heavy atom. The van der Waals surface area contributed by atoms with Gasteiger partial charge >= 0.3 is 5.97 Å². The first kappa shape index (κ1) is 21.4. The smallest absolute Gasteiger partial charge is 0.323 e. The number of nitrogens with one attached hydrogen (secondary N) is 2. The van der Waals surface area contributed by atoms with Gasteiger partial charge in [0.25, 0.3) is 0 Å². The summed E-state index contributed by atoms with van der Waals surface area (Å²) in [5.41, 5.74) is 5.07. The van der Waals surface area contributed by atoms with Crippen molar-refractivity contribution in [3.63, 3.8) is 0 Å². The maximum absolute atomic E-state index is 12.5. The van der Waals surface area contributed by atoms with E-state index >= 15 is 0 Å². The number of benzene rings is 3. The van der Waals surface area contributed by atoms with Gasteiger partial charge in [-0.3, -0.25) is 4.79 Å². The number of esters is 1. The Hall–Kier alpha value is -3.84. The molecule has 2 N–H and O–H groups in total. The van der Waals surface area contributed by atoms with E-state index in [2.05, 4.69) is 50.2 Å². The summed E-state index contributed by atoms with van der Waals surface area (Å²) in [5, 5.41) is 17.7. The van der Waals surface area contributed by atoms with Crippen molar-refractivity contribution in [2.75, 3.05) is 0 Å². The number of carbonyl (C=O) groups excluding carboxylic acids is 1. The van der Waals surface area contributed by atoms with Gasteiger partial charge < -0.3 is 10.1 Å². The number of aromatic nitrogens is 4. The Bertz CT molecular complexity index is 1130. The predicted octanol–water partition coefficient (Wildman–Crippen LogP) is 4.15. The lowest BCUT2D eigenvalue weighted by Gasteiger charge is -2.16. The minimum Gasteiger partial charge on any atom is -0.460 e. The molecule has 0 aliphatic carbocycles. The highest BCUT2D eigenvalue weighted by Gasteiger charge is 2.17. The molecule has 1 unspecified atom stereocenters. The number of rotatable bonds is 9. The van der Waals surface area contributed by atoms with Gasteiger partial charge in [0.2, 0.25) is 5.82 Å². The van der Waals surface area contributed by atoms with Crippen LogP contribution in [-0.4, -0.2) is 32.6 Å². The zero-order valence-corrected chi connectivity index (χ0v) is 17.9. The van der Waals surface area contributed by atoms with E-state index in [-0.39, 0.29) is 18.6 Å². The van der Waals surface area contributed by atoms with Crippen LogP contribution in [0.1, 0.15) is 24.5 Å². The molecule has 162 valence electrons. The Morgan fingerprint density at radius 3 is 2.34 bits per heavy atom. The molecule has 0 saturated heterocycles. The molecule has 0 saturated carbocycles. The lowest BCUT2D eigenvalue weighted by Crippen LogP contribution is -2.37. The molecule has 0 radical (unpaired) electrons. The minimum absolute atomic E-state index is 0.234. The number of nitrogens with zero attached hydrogens (tertiary/aromatic N) is 3. The molecule has 7 heteroatoms. The highest BCUT2D eigenvalue weighted by Crippen LogP contribution is 2.29. The maximum atomic E-state index is 12.5. The summed E-state index contributed by atoms with van der Waals surface area (Å²) in [6.45, 7) is 2.83. The number of tetrazole rings is 1. The molecule has 0 bridgehead atoms. The molecule has 3 aromatic carbocycles. The monoisotopic (exact) mass is 427 g/mol. The summed E-state index contributed by atoms with van der Waals surface area (Å²) >= 11 is 0. The summed E-state index contributed by atoms with van der Waals surface area (Å²) in [6.07, 6.45) is 0.657. The SMILES string of the molecule is CCC(NCc1ccc(-c2ccccc2-c2nn[nH]n2)cc1)C(=O)OCc1ccccc1. The molecule has 1 atom stereocenters. The third-order valence-corrected chi connectivity index (χ3v) is 5.25. The van der Waals surface area contributed by atoms with Crippen LogP contribution in [0, 0.1) is 0 Å². The highest BCUT2D eigenvalue weighted by molar-refractivity contribution is 5.80. The average Bonchev–Trinajstić information content (AvgIpc) is 3.39. The van der Waals surface area contributed by atoms with E-state index in [9.17, 15) is 4.79 Å². The molecule has 7 nitrogen and oxygen atoms in total. The van der Waals surface area contributed by atoms with Crippen molar-refractivity contribution in [2.24, 2.45) is 0 Å². The number of hydrogen-bond acceptors (Lipinski definition) is 6. The van der Waals surface area contributed by atoms with Crippen molar-refractivity contribution >= 4 is 5.97 Å². The Balaban J connectivity index is 1.37. The molecule has 4 rings (SSSR count). The van der Waals surface area contributed by atoms with Crippen molar-refractivity contribution in [1.82, 2.24) is 25.9 Å². The van der Waals surface area contributed by atoms with Crippen LogP contribution in [-0.2, 0) is 22.7 Å². The average molecular weight is 428 g/mol. The zero-order chi connectivity index (χ0) is 22.2. The Morgan fingerprint density at radius 2 is 1.66 bits per heavy atom. The van der Waals surface area contributed by atoms with E-state index in [1.54, 1.807) is 0 Å². The van der Waals surface area contributed by atoms with Gasteiger partial charge in [-0.1, -0.05) is 85.8 Å². The fourth-order valence-electron chi connectivity index (χ4n) is 3.47. The van der Waals surface area contributed by atoms with Crippen LogP contribution in [0.5, 0.6) is 0 Å². The summed E-state index contributed by atoms with van der Waals surface area (Å²) in [6, 6.07) is 25.5. The van der Waals surface area contributed by atoms with Crippen LogP contribution in [0.3, 0.4) is 0 Å². The molecular weight excluding hydrogens is 402 g/mol. The first-order valence-electron chi connectivity index (χ1n) is 10.6. The fraction of sp³-hybridized carbons (Fsp3) is 0.200. The van der Waals surface area contributed by atoms with E-state index in [1.165, 1.54) is 0 Å². The van der Waals surface area contributed by atoms with Gasteiger partial charge in [-0.05, 0) is 33.9 Å². The molecule has 0 aliphatic rings. The largest absolute Gasteiger partial charge is 0.460 e. The van der Waals surface area contributed by atoms with Crippen molar-refractivity contribution in [3.05, 3.63) is 90.0 Å². The third-order valence-electron chi connectivity index (χ3n) is 5.25. The van der Waals surface area contributed by atoms with Crippen LogP contribution in [0.15, 0.2) is 78.9 Å². The summed E-state index contributed by atoms with van der Waals surface area (Å²) in [7, 11) is 0. The molecular formula is C25H25N5O2. The van der Waals surface area contributed by atoms with Crippen molar-refractivity contribution in [2.45, 2.75) is 32.5 Å². The first-order chi connectivity index (χ1) is 15.7. The molecule has 4 aromatic rings. The number of hydrogen-bond donors (Lipinski definition) is 2. The minimum atomic E-state index is -0.350. The first-order valence-corrected chi connectivity index (χ1v) is 10.6. The normalized spacial score (nSPS) is 11.8. The molecule has 0 amide bonds. The molecule has 0 spiro atoms. The Labute approximate surface area is 186 Å². The van der Waals surface area contributed by atoms with Crippen LogP contribution < -0.4 is 5.32 Å². The van der Waals surface area contributed by atoms with Gasteiger partial charge in [-0.25, -0.2) is 0 Å². The van der Waals surface area contributed by atoms with Crippen molar-refractivity contribution in [3.8, 4) is 22.5 Å². The molecule has 32 heavy (non-hydrogen) atoms. The third kappa shape index (κ3) is 5.25. The van der Waals surface area contributed by atoms with Crippen LogP contribution in [0.2, 0.25) is 0 Å². The van der Waals surface area contributed by atoms with Crippen molar-refractivity contribution < 1.29 is 9.53 Å². The quantitative estimate of drug-likeness (QED) is 0.390. The van der Waals surface area contributed by atoms with Gasteiger partial charge in [0.15, 0.2) is 0 Å². The van der Waals surface area contributed by atoms with E-state index in [1.807, 2.05) is 61.5 Å². The second kappa shape index (κ2) is 10.5. The number of H-pyrrole nitrogens is 1. The standard InChI is InChI=1S/C25H25N5O2/c1-2-23(25(31)32-17-19-8-4-3-5-9-19)26-16-18-12-14-20(15-13-18)21-10-6-7-11-22(21)24-27-29-30-28-24/h3-15,23,26H,2,16-17H2,1H3,(H,27,28,29,30). The summed E-state index contributed by atoms with van der Waals surface area (Å²) in [4.78, 5) is 12.5. The van der Waals surface area contributed by atoms with Gasteiger partial charge in [-0.2, -0.15) is 5.21 Å². The lowest BCUT2D eigenvalue weighted by molar-refractivity contribution is -0.147. The maximum Gasteiger partial charge on any atom is 0.323 e. The predicted molar refractivity (Wildman–Crippen MR) is 122 cm³/mol. The number of aromatic amines is 1. The van der Waals surface area contributed by atoms with E-state index in [0.29, 0.717) is 18.8 Å². The number of ether oxygens (including phenoxy) is 1. The summed E-state index contributed by atoms with van der Waals surface area (Å²) < 4.78 is 5.47. The van der Waals surface area contributed by atoms with Gasteiger partial charge in [-0.15, -0.1) is 10.2 Å². The van der Waals surface area contributed by atoms with Crippen LogP contribution in [0.4, 0.5) is 0 Å². The van der Waals surface area contributed by atoms with E-state index in [4.69, 9.17) is 4.74 Å². The lowest BCUT2D eigenvalue weighted by atomic mass is 9.98. The van der Waals surface area contributed by atoms with E-state index < -0.39 is 0 Å². The van der Waals surface area contributed by atoms with Gasteiger partial charge in [0.05, 0.1) is 0 Å². The Kier molecular flexibility index (Phi) is 6.99. The second-order valence-electron chi connectivity index (χ2n) is 7.41. The van der Waals surface area contributed by atoms with Gasteiger partial charge in [0, 0.05) is 12.1 Å². The zero-order valence-electron chi connectivity index (χ0n) is 17.9. The molecule has 0 aliphatic heterocycles. The molecule has 0 fully saturated rings. The van der Waals surface area contributed by atoms with Crippen molar-refractivity contribution in [1.29, 1.82) is 0 Å². The highest BCUT2D eigenvalue weighted by atomic mass is 16.5. The van der Waals surface area contributed by atoms with Crippen LogP contribution >= 0.6 is 0 Å². The number of carbonyl (C=O) groups is 1. The fourth-order valence-corrected chi connectivity index (χ4v) is 3.47. The second-order valence-corrected chi connectivity index (χ2v) is 7.41. The summed E-state index contributed by atoms with van der Waals surface area (Å²) in [5.74, 6) is 0.327. The van der Waals surface area contributed by atoms with Crippen LogP contribution in [0.25, 0.3) is 22.5 Å². The topological polar surface area (TPSA) is 92.8 Å². The van der Waals surface area contributed by atoms with E-state index in [0.717, 1.165) is 27.8 Å².